The van der Waals surface area contributed by atoms with Crippen LogP contribution in [-0.4, -0.2) is 46.4 Å². The summed E-state index contributed by atoms with van der Waals surface area (Å²) in [7, 11) is -3.85. The maximum Gasteiger partial charge on any atom is 0.241 e. The number of carbonyl (C=O) groups excluding carboxylic acids is 2. The van der Waals surface area contributed by atoms with Crippen LogP contribution in [0.1, 0.15) is 38.5 Å². The molecule has 2 saturated heterocycles. The summed E-state index contributed by atoms with van der Waals surface area (Å²) in [6.45, 7) is 2.36. The minimum Gasteiger partial charge on any atom is -0.372 e. The Kier molecular flexibility index (Phi) is 7.29. The molecular formula is C24H30N4O4S. The van der Waals surface area contributed by atoms with Gasteiger partial charge < -0.3 is 15.1 Å². The molecule has 4 rings (SSSR count). The Hall–Kier alpha value is -2.91. The minimum atomic E-state index is -3.85. The summed E-state index contributed by atoms with van der Waals surface area (Å²) >= 11 is 0. The second-order valence-electron chi connectivity index (χ2n) is 8.46. The maximum atomic E-state index is 12.6. The van der Waals surface area contributed by atoms with Crippen molar-refractivity contribution in [2.24, 2.45) is 0 Å². The maximum absolute atomic E-state index is 12.6. The molecule has 0 aliphatic carbocycles. The Bertz CT molecular complexity index is 1080. The summed E-state index contributed by atoms with van der Waals surface area (Å²) in [5.74, 6) is -0.403. The molecule has 2 amide bonds. The van der Waals surface area contributed by atoms with Crippen molar-refractivity contribution in [3.8, 4) is 0 Å². The quantitative estimate of drug-likeness (QED) is 0.648. The van der Waals surface area contributed by atoms with E-state index in [1.165, 1.54) is 37.8 Å². The molecule has 0 atom stereocenters. The summed E-state index contributed by atoms with van der Waals surface area (Å²) in [5, 5.41) is 2.73. The fraction of sp³-hybridized carbons (Fsp3) is 0.417. The molecule has 33 heavy (non-hydrogen) atoms. The number of sulfonamides is 1. The van der Waals surface area contributed by atoms with Crippen LogP contribution in [0.4, 0.5) is 17.1 Å². The van der Waals surface area contributed by atoms with E-state index < -0.39 is 15.9 Å². The molecule has 2 heterocycles. The van der Waals surface area contributed by atoms with Gasteiger partial charge in [-0.2, -0.15) is 0 Å². The molecule has 0 unspecified atom stereocenters. The average molecular weight is 471 g/mol. The summed E-state index contributed by atoms with van der Waals surface area (Å²) in [6, 6.07) is 13.8. The predicted molar refractivity (Wildman–Crippen MR) is 129 cm³/mol. The molecule has 2 aromatic carbocycles. The van der Waals surface area contributed by atoms with Crippen molar-refractivity contribution >= 4 is 38.9 Å². The number of amides is 2. The Morgan fingerprint density at radius 1 is 0.818 bits per heavy atom. The molecule has 0 saturated carbocycles. The molecule has 2 fully saturated rings. The van der Waals surface area contributed by atoms with Gasteiger partial charge in [-0.05, 0) is 67.8 Å². The molecule has 9 heteroatoms. The summed E-state index contributed by atoms with van der Waals surface area (Å²) in [6.07, 6.45) is 6.23. The van der Waals surface area contributed by atoms with Gasteiger partial charge in [0.2, 0.25) is 21.8 Å². The molecule has 176 valence electrons. The van der Waals surface area contributed by atoms with E-state index in [0.717, 1.165) is 25.2 Å². The van der Waals surface area contributed by atoms with Crippen molar-refractivity contribution in [2.45, 2.75) is 43.4 Å². The smallest absolute Gasteiger partial charge is 0.241 e. The first-order chi connectivity index (χ1) is 15.9. The summed E-state index contributed by atoms with van der Waals surface area (Å²) in [5.41, 5.74) is 2.44. The number of rotatable bonds is 7. The van der Waals surface area contributed by atoms with Gasteiger partial charge in [0.05, 0.1) is 11.4 Å². The van der Waals surface area contributed by atoms with E-state index in [1.807, 2.05) is 24.3 Å². The molecule has 0 aromatic heterocycles. The molecule has 0 radical (unpaired) electrons. The predicted octanol–water partition coefficient (Wildman–Crippen LogP) is 3.11. The normalized spacial score (nSPS) is 17.2. The van der Waals surface area contributed by atoms with Crippen molar-refractivity contribution in [1.82, 2.24) is 4.72 Å². The van der Waals surface area contributed by atoms with E-state index in [9.17, 15) is 18.0 Å². The highest BCUT2D eigenvalue weighted by Gasteiger charge is 2.22. The van der Waals surface area contributed by atoms with E-state index in [-0.39, 0.29) is 17.3 Å². The molecule has 2 aliphatic heterocycles. The Balaban J connectivity index is 1.30. The van der Waals surface area contributed by atoms with E-state index in [2.05, 4.69) is 14.9 Å². The van der Waals surface area contributed by atoms with Crippen LogP contribution in [0.5, 0.6) is 0 Å². The number of nitrogens with one attached hydrogen (secondary N) is 2. The van der Waals surface area contributed by atoms with Crippen molar-refractivity contribution in [2.75, 3.05) is 41.3 Å². The third-order valence-electron chi connectivity index (χ3n) is 6.08. The Labute approximate surface area is 195 Å². The van der Waals surface area contributed by atoms with Gasteiger partial charge in [0.1, 0.15) is 0 Å². The van der Waals surface area contributed by atoms with Crippen LogP contribution in [0.2, 0.25) is 0 Å². The van der Waals surface area contributed by atoms with Gasteiger partial charge in [-0.15, -0.1) is 0 Å². The van der Waals surface area contributed by atoms with Crippen LogP contribution < -0.4 is 19.8 Å². The standard InChI is InChI=1S/C24H30N4O4S/c29-23(26-19-7-9-20(10-8-19)27-15-3-1-2-4-16-27)18-25-33(31,32)22-13-11-21(12-14-22)28-17-5-6-24(28)30/h7-14,25H,1-6,15-18H2,(H,26,29). The van der Waals surface area contributed by atoms with Crippen LogP contribution in [0, 0.1) is 0 Å². The highest BCUT2D eigenvalue weighted by Crippen LogP contribution is 2.23. The van der Waals surface area contributed by atoms with Crippen LogP contribution in [-0.2, 0) is 19.6 Å². The average Bonchev–Trinajstić information content (AvgIpc) is 3.07. The number of anilines is 3. The zero-order valence-corrected chi connectivity index (χ0v) is 19.4. The van der Waals surface area contributed by atoms with Gasteiger partial charge in [-0.1, -0.05) is 12.8 Å². The van der Waals surface area contributed by atoms with Crippen LogP contribution >= 0.6 is 0 Å². The van der Waals surface area contributed by atoms with Gasteiger partial charge in [0.15, 0.2) is 0 Å². The number of hydrogen-bond donors (Lipinski definition) is 2. The Morgan fingerprint density at radius 2 is 1.45 bits per heavy atom. The third kappa shape index (κ3) is 5.91. The molecule has 2 aromatic rings. The fourth-order valence-electron chi connectivity index (χ4n) is 4.26. The lowest BCUT2D eigenvalue weighted by Crippen LogP contribution is -2.33. The largest absolute Gasteiger partial charge is 0.372 e. The molecule has 2 aliphatic rings. The molecular weight excluding hydrogens is 440 g/mol. The van der Waals surface area contributed by atoms with E-state index >= 15 is 0 Å². The SMILES string of the molecule is O=C(CNS(=O)(=O)c1ccc(N2CCCC2=O)cc1)Nc1ccc(N2CCCCCC2)cc1. The number of benzene rings is 2. The topological polar surface area (TPSA) is 98.8 Å². The van der Waals surface area contributed by atoms with Gasteiger partial charge in [-0.3, -0.25) is 9.59 Å². The first-order valence-corrected chi connectivity index (χ1v) is 13.0. The summed E-state index contributed by atoms with van der Waals surface area (Å²) in [4.78, 5) is 28.2. The lowest BCUT2D eigenvalue weighted by molar-refractivity contribution is -0.117. The van der Waals surface area contributed by atoms with Crippen molar-refractivity contribution in [1.29, 1.82) is 0 Å². The van der Waals surface area contributed by atoms with E-state index in [0.29, 0.717) is 24.3 Å². The lowest BCUT2D eigenvalue weighted by atomic mass is 10.2. The van der Waals surface area contributed by atoms with Crippen LogP contribution in [0.25, 0.3) is 0 Å². The highest BCUT2D eigenvalue weighted by molar-refractivity contribution is 7.89. The van der Waals surface area contributed by atoms with Gasteiger partial charge in [-0.25, -0.2) is 13.1 Å². The van der Waals surface area contributed by atoms with Gasteiger partial charge in [0.25, 0.3) is 0 Å². The first-order valence-electron chi connectivity index (χ1n) is 11.5. The van der Waals surface area contributed by atoms with Crippen molar-refractivity contribution < 1.29 is 18.0 Å². The van der Waals surface area contributed by atoms with Gasteiger partial charge >= 0.3 is 0 Å². The van der Waals surface area contributed by atoms with Crippen LogP contribution in [0.3, 0.4) is 0 Å². The molecule has 8 nitrogen and oxygen atoms in total. The fourth-order valence-corrected chi connectivity index (χ4v) is 5.24. The number of nitrogens with zero attached hydrogens (tertiary/aromatic N) is 2. The van der Waals surface area contributed by atoms with Gasteiger partial charge in [0, 0.05) is 43.1 Å². The first kappa shape index (κ1) is 23.3. The molecule has 2 N–H and O–H groups in total. The molecule has 0 spiro atoms. The second kappa shape index (κ2) is 10.4. The molecule has 0 bridgehead atoms. The summed E-state index contributed by atoms with van der Waals surface area (Å²) < 4.78 is 27.4. The monoisotopic (exact) mass is 470 g/mol. The lowest BCUT2D eigenvalue weighted by Gasteiger charge is -2.22. The zero-order valence-electron chi connectivity index (χ0n) is 18.6. The number of carbonyl (C=O) groups is 2. The number of hydrogen-bond acceptors (Lipinski definition) is 5. The Morgan fingerprint density at radius 3 is 2.06 bits per heavy atom. The van der Waals surface area contributed by atoms with Crippen molar-refractivity contribution in [3.63, 3.8) is 0 Å². The minimum absolute atomic E-state index is 0.0415. The van der Waals surface area contributed by atoms with E-state index in [4.69, 9.17) is 0 Å². The highest BCUT2D eigenvalue weighted by atomic mass is 32.2. The van der Waals surface area contributed by atoms with E-state index in [1.54, 1.807) is 17.0 Å². The second-order valence-corrected chi connectivity index (χ2v) is 10.2. The zero-order chi connectivity index (χ0) is 23.3. The van der Waals surface area contributed by atoms with Crippen LogP contribution in [0.15, 0.2) is 53.4 Å². The third-order valence-corrected chi connectivity index (χ3v) is 7.49. The van der Waals surface area contributed by atoms with Crippen molar-refractivity contribution in [3.05, 3.63) is 48.5 Å².